The third-order valence-electron chi connectivity index (χ3n) is 3.94. The summed E-state index contributed by atoms with van der Waals surface area (Å²) in [5, 5.41) is 6.29. The van der Waals surface area contributed by atoms with Crippen LogP contribution < -0.4 is 5.73 Å². The molecule has 1 heterocycles. The first-order valence-corrected chi connectivity index (χ1v) is 9.87. The Balaban J connectivity index is 0.000000426. The maximum absolute atomic E-state index is 13.9. The van der Waals surface area contributed by atoms with Crippen LogP contribution in [-0.2, 0) is 4.84 Å². The molecule has 0 fully saturated rings. The molecule has 0 aromatic heterocycles. The highest BCUT2D eigenvalue weighted by atomic mass is 32.2. The topological polar surface area (TPSA) is 71.2 Å². The van der Waals surface area contributed by atoms with Gasteiger partial charge in [-0.15, -0.1) is 0 Å². The molecule has 1 aliphatic heterocycles. The van der Waals surface area contributed by atoms with E-state index in [9.17, 15) is 13.6 Å². The van der Waals surface area contributed by atoms with Crippen LogP contribution >= 0.6 is 11.8 Å². The average Bonchev–Trinajstić information content (AvgIpc) is 3.18. The maximum Gasteiger partial charge on any atom is 0.365 e. The number of halogens is 2. The summed E-state index contributed by atoms with van der Waals surface area (Å²) in [7, 11) is 2.80. The van der Waals surface area contributed by atoms with Crippen molar-refractivity contribution >= 4 is 22.8 Å². The molecule has 9 heteroatoms. The Morgan fingerprint density at radius 3 is 2.41 bits per heavy atom. The van der Waals surface area contributed by atoms with Crippen LogP contribution in [0.2, 0.25) is 0 Å². The van der Waals surface area contributed by atoms with Gasteiger partial charge in [-0.3, -0.25) is 4.84 Å². The lowest BCUT2D eigenvalue weighted by Gasteiger charge is -2.24. The number of rotatable bonds is 5. The van der Waals surface area contributed by atoms with E-state index in [-0.39, 0.29) is 16.0 Å². The first-order valence-electron chi connectivity index (χ1n) is 8.99. The van der Waals surface area contributed by atoms with Crippen molar-refractivity contribution in [1.29, 1.82) is 0 Å². The number of hydrogen-bond acceptors (Lipinski definition) is 5. The molecular formula is C20H24F2N4O2S. The summed E-state index contributed by atoms with van der Waals surface area (Å²) < 4.78 is 27.3. The van der Waals surface area contributed by atoms with E-state index in [1.807, 2.05) is 36.4 Å². The van der Waals surface area contributed by atoms with Crippen molar-refractivity contribution in [2.24, 2.45) is 10.8 Å². The molecule has 1 unspecified atom stereocenters. The fourth-order valence-corrected chi connectivity index (χ4v) is 3.59. The zero-order valence-electron chi connectivity index (χ0n) is 16.3. The SMILES string of the molecule is CON(C)C(=O)N1N=C(c2cc(F)ccc2F)SC1CCCN.c1ccccc1. The summed E-state index contributed by atoms with van der Waals surface area (Å²) >= 11 is 1.20. The van der Waals surface area contributed by atoms with E-state index in [1.165, 1.54) is 30.9 Å². The van der Waals surface area contributed by atoms with Crippen LogP contribution in [-0.4, -0.2) is 47.2 Å². The van der Waals surface area contributed by atoms with Crippen molar-refractivity contribution in [3.8, 4) is 0 Å². The van der Waals surface area contributed by atoms with Crippen molar-refractivity contribution in [2.45, 2.75) is 18.2 Å². The number of nitrogens with zero attached hydrogens (tertiary/aromatic N) is 3. The van der Waals surface area contributed by atoms with Crippen LogP contribution in [0.25, 0.3) is 0 Å². The van der Waals surface area contributed by atoms with Crippen LogP contribution in [0.15, 0.2) is 59.7 Å². The second-order valence-corrected chi connectivity index (χ2v) is 7.16. The lowest BCUT2D eigenvalue weighted by Crippen LogP contribution is -2.40. The molecule has 2 aromatic rings. The third-order valence-corrected chi connectivity index (χ3v) is 5.17. The van der Waals surface area contributed by atoms with E-state index in [0.717, 1.165) is 23.3 Å². The minimum Gasteiger partial charge on any atom is -0.330 e. The monoisotopic (exact) mass is 422 g/mol. The average molecular weight is 423 g/mol. The van der Waals surface area contributed by atoms with E-state index in [1.54, 1.807) is 0 Å². The van der Waals surface area contributed by atoms with Gasteiger partial charge in [0.1, 0.15) is 22.1 Å². The molecule has 3 rings (SSSR count). The second-order valence-electron chi connectivity index (χ2n) is 5.99. The van der Waals surface area contributed by atoms with Gasteiger partial charge >= 0.3 is 6.03 Å². The Bertz CT molecular complexity index is 797. The summed E-state index contributed by atoms with van der Waals surface area (Å²) in [5.41, 5.74) is 5.54. The Hall–Kier alpha value is -2.49. The number of carbonyl (C=O) groups excluding carboxylic acids is 1. The minimum atomic E-state index is -0.593. The molecule has 0 saturated heterocycles. The van der Waals surface area contributed by atoms with Gasteiger partial charge in [-0.2, -0.15) is 10.1 Å². The van der Waals surface area contributed by atoms with E-state index in [4.69, 9.17) is 10.6 Å². The summed E-state index contributed by atoms with van der Waals surface area (Å²) in [6.45, 7) is 0.461. The van der Waals surface area contributed by atoms with Gasteiger partial charge in [-0.05, 0) is 37.6 Å². The zero-order chi connectivity index (χ0) is 21.2. The number of amides is 2. The molecule has 0 aliphatic carbocycles. The van der Waals surface area contributed by atoms with Crippen molar-refractivity contribution in [3.63, 3.8) is 0 Å². The highest BCUT2D eigenvalue weighted by Crippen LogP contribution is 2.34. The highest BCUT2D eigenvalue weighted by molar-refractivity contribution is 8.15. The molecular weight excluding hydrogens is 398 g/mol. The second kappa shape index (κ2) is 11.5. The van der Waals surface area contributed by atoms with Crippen LogP contribution in [0.1, 0.15) is 18.4 Å². The van der Waals surface area contributed by atoms with Crippen molar-refractivity contribution in [1.82, 2.24) is 10.1 Å². The molecule has 0 radical (unpaired) electrons. The summed E-state index contributed by atoms with van der Waals surface area (Å²) in [6.07, 6.45) is 1.25. The van der Waals surface area contributed by atoms with Crippen molar-refractivity contribution in [2.75, 3.05) is 20.7 Å². The molecule has 29 heavy (non-hydrogen) atoms. The van der Waals surface area contributed by atoms with Crippen molar-refractivity contribution < 1.29 is 18.4 Å². The number of hydroxylamine groups is 2. The van der Waals surface area contributed by atoms with E-state index in [0.29, 0.717) is 19.4 Å². The molecule has 0 spiro atoms. The van der Waals surface area contributed by atoms with Gasteiger partial charge in [0.2, 0.25) is 0 Å². The van der Waals surface area contributed by atoms with Gasteiger partial charge in [0.25, 0.3) is 0 Å². The van der Waals surface area contributed by atoms with Gasteiger partial charge in [0, 0.05) is 12.6 Å². The zero-order valence-corrected chi connectivity index (χ0v) is 17.1. The molecule has 1 aliphatic rings. The van der Waals surface area contributed by atoms with E-state index >= 15 is 0 Å². The standard InChI is InChI=1S/C14H18F2N4O2S.C6H6/c1-19(22-2)14(21)20-12(4-3-7-17)23-13(18-20)10-8-9(15)5-6-11(10)16;1-2-4-6-5-3-1/h5-6,8,12H,3-4,7,17H2,1-2H3;1-6H. The van der Waals surface area contributed by atoms with Gasteiger partial charge in [0.05, 0.1) is 7.11 Å². The molecule has 0 saturated carbocycles. The molecule has 156 valence electrons. The molecule has 2 amide bonds. The fraction of sp³-hybridized carbons (Fsp3) is 0.300. The number of hydrazone groups is 1. The molecule has 1 atom stereocenters. The largest absolute Gasteiger partial charge is 0.365 e. The first-order chi connectivity index (χ1) is 14.0. The van der Waals surface area contributed by atoms with Crippen LogP contribution in [0.5, 0.6) is 0 Å². The van der Waals surface area contributed by atoms with E-state index in [2.05, 4.69) is 5.10 Å². The highest BCUT2D eigenvalue weighted by Gasteiger charge is 2.35. The normalized spacial score (nSPS) is 15.4. The summed E-state index contributed by atoms with van der Waals surface area (Å²) in [4.78, 5) is 17.2. The van der Waals surface area contributed by atoms with E-state index < -0.39 is 17.7 Å². The van der Waals surface area contributed by atoms with Crippen molar-refractivity contribution in [3.05, 3.63) is 71.8 Å². The van der Waals surface area contributed by atoms with Crippen LogP contribution in [0.3, 0.4) is 0 Å². The third kappa shape index (κ3) is 6.52. The van der Waals surface area contributed by atoms with Gasteiger partial charge in [-0.1, -0.05) is 48.2 Å². The van der Waals surface area contributed by atoms with Gasteiger partial charge in [0.15, 0.2) is 0 Å². The quantitative estimate of drug-likeness (QED) is 0.739. The Morgan fingerprint density at radius 2 is 1.86 bits per heavy atom. The van der Waals surface area contributed by atoms with Crippen LogP contribution in [0, 0.1) is 11.6 Å². The van der Waals surface area contributed by atoms with Crippen LogP contribution in [0.4, 0.5) is 13.6 Å². The molecule has 2 aromatic carbocycles. The Morgan fingerprint density at radius 1 is 1.24 bits per heavy atom. The Kier molecular flexibility index (Phi) is 9.04. The number of benzene rings is 2. The lowest BCUT2D eigenvalue weighted by molar-refractivity contribution is -0.0765. The smallest absolute Gasteiger partial charge is 0.330 e. The predicted octanol–water partition coefficient (Wildman–Crippen LogP) is 4.04. The van der Waals surface area contributed by atoms with Gasteiger partial charge < -0.3 is 5.73 Å². The number of urea groups is 1. The number of thioether (sulfide) groups is 1. The number of carbonyl (C=O) groups is 1. The Labute approximate surface area is 173 Å². The summed E-state index contributed by atoms with van der Waals surface area (Å²) in [5.74, 6) is -1.16. The number of nitrogens with two attached hydrogens (primary N) is 1. The molecule has 2 N–H and O–H groups in total. The lowest BCUT2D eigenvalue weighted by atomic mass is 10.2. The number of hydrogen-bond donors (Lipinski definition) is 1. The first kappa shape index (κ1) is 22.8. The molecule has 6 nitrogen and oxygen atoms in total. The maximum atomic E-state index is 13.9. The minimum absolute atomic E-state index is 0.0307. The predicted molar refractivity (Wildman–Crippen MR) is 111 cm³/mol. The fourth-order valence-electron chi connectivity index (χ4n) is 2.39. The molecule has 0 bridgehead atoms. The summed E-state index contributed by atoms with van der Waals surface area (Å²) in [6, 6.07) is 14.6. The van der Waals surface area contributed by atoms with Gasteiger partial charge in [-0.25, -0.2) is 18.6 Å².